The van der Waals surface area contributed by atoms with Gasteiger partial charge in [0.05, 0.1) is 18.8 Å². The lowest BCUT2D eigenvalue weighted by atomic mass is 10.1. The molecular weight excluding hydrogens is 322 g/mol. The number of hydrogen-bond donors (Lipinski definition) is 0. The Morgan fingerprint density at radius 2 is 2.12 bits per heavy atom. The highest BCUT2D eigenvalue weighted by Gasteiger charge is 2.32. The Labute approximate surface area is 146 Å². The van der Waals surface area contributed by atoms with Crippen LogP contribution >= 0.6 is 0 Å². The lowest BCUT2D eigenvalue weighted by Gasteiger charge is -2.33. The molecule has 0 aromatic carbocycles. The van der Waals surface area contributed by atoms with Crippen molar-refractivity contribution in [2.45, 2.75) is 26.4 Å². The van der Waals surface area contributed by atoms with E-state index < -0.39 is 0 Å². The van der Waals surface area contributed by atoms with E-state index in [0.717, 1.165) is 11.5 Å². The molecule has 1 aliphatic rings. The van der Waals surface area contributed by atoms with Gasteiger partial charge in [-0.2, -0.15) is 0 Å². The van der Waals surface area contributed by atoms with Crippen LogP contribution in [0, 0.1) is 6.92 Å². The third kappa shape index (κ3) is 3.34. The number of rotatable bonds is 4. The number of aryl methyl sites for hydroxylation is 2. The first kappa shape index (κ1) is 17.3. The maximum Gasteiger partial charge on any atom is 0.259 e. The standard InChI is InChI=1S/C17H23N5O3/c1-5-12-14(11(2)25-20-12)17(23)22-8-9-24-13(10-22)15-16(21(3)4)19-7-6-18-15/h6-7,13H,5,8-10H2,1-4H3. The van der Waals surface area contributed by atoms with Gasteiger partial charge < -0.3 is 19.1 Å². The van der Waals surface area contributed by atoms with Crippen molar-refractivity contribution in [2.75, 3.05) is 38.7 Å². The number of hydrogen-bond acceptors (Lipinski definition) is 7. The zero-order valence-electron chi connectivity index (χ0n) is 15.0. The molecule has 0 saturated carbocycles. The molecule has 2 aromatic heterocycles. The Kier molecular flexibility index (Phi) is 4.98. The molecule has 134 valence electrons. The number of amides is 1. The van der Waals surface area contributed by atoms with Crippen LogP contribution in [0.25, 0.3) is 0 Å². The third-order valence-electron chi connectivity index (χ3n) is 4.27. The molecule has 1 saturated heterocycles. The summed E-state index contributed by atoms with van der Waals surface area (Å²) >= 11 is 0. The summed E-state index contributed by atoms with van der Waals surface area (Å²) in [6.07, 6.45) is 3.64. The second-order valence-corrected chi connectivity index (χ2v) is 6.18. The van der Waals surface area contributed by atoms with Crippen LogP contribution in [0.1, 0.15) is 40.5 Å². The van der Waals surface area contributed by atoms with Crippen LogP contribution in [0.2, 0.25) is 0 Å². The Hall–Kier alpha value is -2.48. The van der Waals surface area contributed by atoms with E-state index in [9.17, 15) is 4.79 Å². The van der Waals surface area contributed by atoms with E-state index in [-0.39, 0.29) is 12.0 Å². The van der Waals surface area contributed by atoms with Crippen molar-refractivity contribution in [3.63, 3.8) is 0 Å². The molecule has 0 N–H and O–H groups in total. The second kappa shape index (κ2) is 7.18. The first-order valence-corrected chi connectivity index (χ1v) is 8.37. The summed E-state index contributed by atoms with van der Waals surface area (Å²) in [5, 5.41) is 3.98. The number of aromatic nitrogens is 3. The molecule has 1 atom stereocenters. The van der Waals surface area contributed by atoms with Gasteiger partial charge in [0.15, 0.2) is 5.82 Å². The second-order valence-electron chi connectivity index (χ2n) is 6.18. The fourth-order valence-electron chi connectivity index (χ4n) is 3.00. The van der Waals surface area contributed by atoms with Crippen molar-refractivity contribution >= 4 is 11.7 Å². The summed E-state index contributed by atoms with van der Waals surface area (Å²) < 4.78 is 11.1. The Balaban J connectivity index is 1.84. The normalized spacial score (nSPS) is 17.6. The highest BCUT2D eigenvalue weighted by Crippen LogP contribution is 2.28. The van der Waals surface area contributed by atoms with Gasteiger partial charge in [-0.05, 0) is 13.3 Å². The van der Waals surface area contributed by atoms with Crippen molar-refractivity contribution in [1.29, 1.82) is 0 Å². The van der Waals surface area contributed by atoms with Crippen LogP contribution < -0.4 is 4.90 Å². The van der Waals surface area contributed by atoms with Crippen LogP contribution in [-0.4, -0.2) is 59.7 Å². The fourth-order valence-corrected chi connectivity index (χ4v) is 3.00. The minimum Gasteiger partial charge on any atom is -0.368 e. The zero-order chi connectivity index (χ0) is 18.0. The molecule has 1 fully saturated rings. The molecule has 2 aromatic rings. The average molecular weight is 345 g/mol. The Morgan fingerprint density at radius 3 is 2.84 bits per heavy atom. The quantitative estimate of drug-likeness (QED) is 0.832. The molecule has 1 amide bonds. The van der Waals surface area contributed by atoms with Crippen LogP contribution in [-0.2, 0) is 11.2 Å². The van der Waals surface area contributed by atoms with Crippen molar-refractivity contribution < 1.29 is 14.1 Å². The van der Waals surface area contributed by atoms with Gasteiger partial charge >= 0.3 is 0 Å². The van der Waals surface area contributed by atoms with Crippen LogP contribution in [0.5, 0.6) is 0 Å². The topological polar surface area (TPSA) is 84.6 Å². The number of carbonyl (C=O) groups is 1. The summed E-state index contributed by atoms with van der Waals surface area (Å²) in [4.78, 5) is 25.5. The molecule has 25 heavy (non-hydrogen) atoms. The van der Waals surface area contributed by atoms with Gasteiger partial charge in [0, 0.05) is 33.0 Å². The number of nitrogens with zero attached hydrogens (tertiary/aromatic N) is 5. The Bertz CT molecular complexity index is 758. The van der Waals surface area contributed by atoms with Crippen molar-refractivity contribution in [3.8, 4) is 0 Å². The molecule has 0 bridgehead atoms. The molecule has 1 unspecified atom stereocenters. The van der Waals surface area contributed by atoms with Gasteiger partial charge in [-0.15, -0.1) is 0 Å². The largest absolute Gasteiger partial charge is 0.368 e. The van der Waals surface area contributed by atoms with Gasteiger partial charge in [-0.25, -0.2) is 4.98 Å². The molecule has 0 spiro atoms. The Morgan fingerprint density at radius 1 is 1.36 bits per heavy atom. The summed E-state index contributed by atoms with van der Waals surface area (Å²) in [5.41, 5.74) is 2.00. The molecule has 0 aliphatic carbocycles. The molecule has 8 nitrogen and oxygen atoms in total. The van der Waals surface area contributed by atoms with E-state index in [1.165, 1.54) is 0 Å². The minimum absolute atomic E-state index is 0.0702. The third-order valence-corrected chi connectivity index (χ3v) is 4.27. The summed E-state index contributed by atoms with van der Waals surface area (Å²) in [6.45, 7) is 5.13. The first-order chi connectivity index (χ1) is 12.0. The van der Waals surface area contributed by atoms with Gasteiger partial charge in [0.1, 0.15) is 23.1 Å². The van der Waals surface area contributed by atoms with E-state index >= 15 is 0 Å². The van der Waals surface area contributed by atoms with E-state index in [0.29, 0.717) is 43.1 Å². The monoisotopic (exact) mass is 345 g/mol. The van der Waals surface area contributed by atoms with Gasteiger partial charge in [-0.1, -0.05) is 12.1 Å². The summed E-state index contributed by atoms with van der Waals surface area (Å²) in [5.74, 6) is 1.23. The molecule has 3 heterocycles. The molecule has 0 radical (unpaired) electrons. The number of anilines is 1. The van der Waals surface area contributed by atoms with Crippen molar-refractivity contribution in [3.05, 3.63) is 35.1 Å². The van der Waals surface area contributed by atoms with Crippen LogP contribution in [0.4, 0.5) is 5.82 Å². The van der Waals surface area contributed by atoms with E-state index in [1.807, 2.05) is 25.9 Å². The van der Waals surface area contributed by atoms with E-state index in [1.54, 1.807) is 24.2 Å². The number of ether oxygens (including phenoxy) is 1. The van der Waals surface area contributed by atoms with E-state index in [4.69, 9.17) is 9.26 Å². The number of morpholine rings is 1. The smallest absolute Gasteiger partial charge is 0.259 e. The van der Waals surface area contributed by atoms with Gasteiger partial charge in [0.25, 0.3) is 5.91 Å². The lowest BCUT2D eigenvalue weighted by Crippen LogP contribution is -2.43. The molecular formula is C17H23N5O3. The maximum absolute atomic E-state index is 13.0. The fraction of sp³-hybridized carbons (Fsp3) is 0.529. The molecule has 1 aliphatic heterocycles. The highest BCUT2D eigenvalue weighted by molar-refractivity contribution is 5.96. The van der Waals surface area contributed by atoms with Gasteiger partial charge in [-0.3, -0.25) is 9.78 Å². The zero-order valence-corrected chi connectivity index (χ0v) is 15.0. The summed E-state index contributed by atoms with van der Waals surface area (Å²) in [7, 11) is 3.82. The van der Waals surface area contributed by atoms with E-state index in [2.05, 4.69) is 15.1 Å². The average Bonchev–Trinajstić information content (AvgIpc) is 3.01. The number of carbonyl (C=O) groups excluding carboxylic acids is 1. The first-order valence-electron chi connectivity index (χ1n) is 8.37. The highest BCUT2D eigenvalue weighted by atomic mass is 16.5. The maximum atomic E-state index is 13.0. The van der Waals surface area contributed by atoms with Gasteiger partial charge in [0.2, 0.25) is 0 Å². The van der Waals surface area contributed by atoms with Crippen molar-refractivity contribution in [1.82, 2.24) is 20.0 Å². The minimum atomic E-state index is -0.311. The summed E-state index contributed by atoms with van der Waals surface area (Å²) in [6, 6.07) is 0. The predicted octanol–water partition coefficient (Wildman–Crippen LogP) is 1.62. The SMILES string of the molecule is CCc1noc(C)c1C(=O)N1CCOC(c2nccnc2N(C)C)C1. The molecule has 8 heteroatoms. The lowest BCUT2D eigenvalue weighted by molar-refractivity contribution is -0.0247. The van der Waals surface area contributed by atoms with Crippen LogP contribution in [0.15, 0.2) is 16.9 Å². The molecule has 3 rings (SSSR count). The predicted molar refractivity (Wildman–Crippen MR) is 91.6 cm³/mol. The van der Waals surface area contributed by atoms with Crippen molar-refractivity contribution in [2.24, 2.45) is 0 Å². The van der Waals surface area contributed by atoms with Crippen LogP contribution in [0.3, 0.4) is 0 Å².